The molecule has 1 atom stereocenters. The van der Waals surface area contributed by atoms with Crippen LogP contribution in [0.4, 0.5) is 4.39 Å². The number of hydrogen-bond acceptors (Lipinski definition) is 3. The van der Waals surface area contributed by atoms with E-state index in [1.54, 1.807) is 12.1 Å². The van der Waals surface area contributed by atoms with Gasteiger partial charge in [0.25, 0.3) is 0 Å². The molecule has 2 rings (SSSR count). The number of imidazole rings is 1. The first-order valence-electron chi connectivity index (χ1n) is 4.97. The van der Waals surface area contributed by atoms with Crippen LogP contribution in [0.1, 0.15) is 11.7 Å². The van der Waals surface area contributed by atoms with Crippen LogP contribution in [0.3, 0.4) is 0 Å². The molecule has 4 nitrogen and oxygen atoms in total. The zero-order valence-electron chi connectivity index (χ0n) is 8.85. The SMILES string of the molecule is NC(CO)c1cncn1-c1cc(Br)ccc1F. The molecule has 0 amide bonds. The summed E-state index contributed by atoms with van der Waals surface area (Å²) in [4.78, 5) is 3.93. The Bertz CT molecular complexity index is 529. The highest BCUT2D eigenvalue weighted by molar-refractivity contribution is 9.10. The van der Waals surface area contributed by atoms with Crippen molar-refractivity contribution >= 4 is 15.9 Å². The predicted molar refractivity (Wildman–Crippen MR) is 65.2 cm³/mol. The van der Waals surface area contributed by atoms with Crippen LogP contribution in [-0.2, 0) is 0 Å². The Morgan fingerprint density at radius 3 is 3.00 bits per heavy atom. The van der Waals surface area contributed by atoms with Gasteiger partial charge in [-0.15, -0.1) is 0 Å². The van der Waals surface area contributed by atoms with E-state index < -0.39 is 6.04 Å². The lowest BCUT2D eigenvalue weighted by Gasteiger charge is -2.13. The number of hydrogen-bond donors (Lipinski definition) is 2. The molecule has 90 valence electrons. The summed E-state index contributed by atoms with van der Waals surface area (Å²) in [5.74, 6) is -0.377. The van der Waals surface area contributed by atoms with Gasteiger partial charge in [0.2, 0.25) is 0 Å². The fourth-order valence-corrected chi connectivity index (χ4v) is 1.89. The smallest absolute Gasteiger partial charge is 0.147 e. The van der Waals surface area contributed by atoms with Gasteiger partial charge < -0.3 is 10.8 Å². The number of nitrogens with zero attached hydrogens (tertiary/aromatic N) is 2. The van der Waals surface area contributed by atoms with Crippen molar-refractivity contribution in [3.63, 3.8) is 0 Å². The third-order valence-electron chi connectivity index (χ3n) is 2.41. The monoisotopic (exact) mass is 299 g/mol. The number of benzene rings is 1. The van der Waals surface area contributed by atoms with Crippen LogP contribution in [0, 0.1) is 5.82 Å². The van der Waals surface area contributed by atoms with E-state index in [2.05, 4.69) is 20.9 Å². The summed E-state index contributed by atoms with van der Waals surface area (Å²) < 4.78 is 16.0. The van der Waals surface area contributed by atoms with Crippen LogP contribution in [0.2, 0.25) is 0 Å². The zero-order chi connectivity index (χ0) is 12.4. The fraction of sp³-hybridized carbons (Fsp3) is 0.182. The highest BCUT2D eigenvalue weighted by Gasteiger charge is 2.14. The Hall–Kier alpha value is -1.24. The van der Waals surface area contributed by atoms with Crippen LogP contribution in [0.5, 0.6) is 0 Å². The highest BCUT2D eigenvalue weighted by atomic mass is 79.9. The Kier molecular flexibility index (Phi) is 3.56. The van der Waals surface area contributed by atoms with Gasteiger partial charge in [0.05, 0.1) is 36.6 Å². The molecule has 0 fully saturated rings. The summed E-state index contributed by atoms with van der Waals surface area (Å²) in [6, 6.07) is 4.01. The maximum absolute atomic E-state index is 13.7. The molecule has 0 spiro atoms. The zero-order valence-corrected chi connectivity index (χ0v) is 10.4. The van der Waals surface area contributed by atoms with E-state index in [4.69, 9.17) is 10.8 Å². The summed E-state index contributed by atoms with van der Waals surface area (Å²) >= 11 is 3.28. The summed E-state index contributed by atoms with van der Waals surface area (Å²) in [6.07, 6.45) is 2.98. The van der Waals surface area contributed by atoms with Crippen molar-refractivity contribution in [1.29, 1.82) is 0 Å². The summed E-state index contributed by atoms with van der Waals surface area (Å²) in [6.45, 7) is -0.221. The van der Waals surface area contributed by atoms with Crippen molar-refractivity contribution in [2.24, 2.45) is 5.73 Å². The average molecular weight is 300 g/mol. The molecule has 0 bridgehead atoms. The van der Waals surface area contributed by atoms with E-state index in [1.807, 2.05) is 0 Å². The molecule has 0 aliphatic heterocycles. The summed E-state index contributed by atoms with van der Waals surface area (Å²) in [5, 5.41) is 9.03. The number of rotatable bonds is 3. The molecule has 2 aromatic rings. The molecule has 0 saturated carbocycles. The van der Waals surface area contributed by atoms with Crippen LogP contribution in [-0.4, -0.2) is 21.3 Å². The van der Waals surface area contributed by atoms with Gasteiger partial charge in [-0.05, 0) is 18.2 Å². The predicted octanol–water partition coefficient (Wildman–Crippen LogP) is 1.77. The molecule has 1 aromatic heterocycles. The maximum atomic E-state index is 13.7. The lowest BCUT2D eigenvalue weighted by Crippen LogP contribution is -2.18. The number of nitrogens with two attached hydrogens (primary N) is 1. The Morgan fingerprint density at radius 1 is 1.53 bits per heavy atom. The van der Waals surface area contributed by atoms with Gasteiger partial charge in [-0.3, -0.25) is 4.57 Å². The largest absolute Gasteiger partial charge is 0.394 e. The first kappa shape index (κ1) is 12.2. The number of halogens is 2. The lowest BCUT2D eigenvalue weighted by molar-refractivity contribution is 0.265. The van der Waals surface area contributed by atoms with Gasteiger partial charge in [-0.2, -0.15) is 0 Å². The molecule has 0 aliphatic carbocycles. The van der Waals surface area contributed by atoms with Gasteiger partial charge in [-0.25, -0.2) is 9.37 Å². The van der Waals surface area contributed by atoms with Crippen LogP contribution in [0.15, 0.2) is 35.2 Å². The minimum Gasteiger partial charge on any atom is -0.394 e. The molecular formula is C11H11BrFN3O. The Balaban J connectivity index is 2.53. The minimum atomic E-state index is -0.587. The van der Waals surface area contributed by atoms with Crippen molar-refractivity contribution in [1.82, 2.24) is 9.55 Å². The minimum absolute atomic E-state index is 0.221. The van der Waals surface area contributed by atoms with Gasteiger partial charge in [0.1, 0.15) is 5.82 Å². The van der Waals surface area contributed by atoms with Crippen molar-refractivity contribution in [2.45, 2.75) is 6.04 Å². The molecule has 0 saturated heterocycles. The summed E-state index contributed by atoms with van der Waals surface area (Å²) in [5.41, 5.74) is 6.62. The molecule has 1 heterocycles. The molecule has 1 aromatic carbocycles. The number of aromatic nitrogens is 2. The van der Waals surface area contributed by atoms with Gasteiger partial charge in [-0.1, -0.05) is 15.9 Å². The van der Waals surface area contributed by atoms with E-state index in [9.17, 15) is 4.39 Å². The average Bonchev–Trinajstić information content (AvgIpc) is 2.80. The molecule has 17 heavy (non-hydrogen) atoms. The normalized spacial score (nSPS) is 12.7. The van der Waals surface area contributed by atoms with Gasteiger partial charge in [0.15, 0.2) is 0 Å². The van der Waals surface area contributed by atoms with E-state index >= 15 is 0 Å². The molecule has 6 heteroatoms. The highest BCUT2D eigenvalue weighted by Crippen LogP contribution is 2.22. The molecule has 0 radical (unpaired) electrons. The first-order chi connectivity index (χ1) is 8.13. The van der Waals surface area contributed by atoms with Crippen molar-refractivity contribution in [3.8, 4) is 5.69 Å². The fourth-order valence-electron chi connectivity index (χ4n) is 1.54. The number of aliphatic hydroxyl groups excluding tert-OH is 1. The maximum Gasteiger partial charge on any atom is 0.147 e. The van der Waals surface area contributed by atoms with E-state index in [-0.39, 0.29) is 12.4 Å². The van der Waals surface area contributed by atoms with Crippen molar-refractivity contribution in [2.75, 3.05) is 6.61 Å². The van der Waals surface area contributed by atoms with Crippen LogP contribution >= 0.6 is 15.9 Å². The second-order valence-electron chi connectivity index (χ2n) is 3.57. The second-order valence-corrected chi connectivity index (χ2v) is 4.49. The molecule has 3 N–H and O–H groups in total. The van der Waals surface area contributed by atoms with Gasteiger partial charge >= 0.3 is 0 Å². The third kappa shape index (κ3) is 2.38. The quantitative estimate of drug-likeness (QED) is 0.908. The van der Waals surface area contributed by atoms with Gasteiger partial charge in [0, 0.05) is 4.47 Å². The second kappa shape index (κ2) is 4.95. The van der Waals surface area contributed by atoms with Crippen LogP contribution in [0.25, 0.3) is 5.69 Å². The van der Waals surface area contributed by atoms with E-state index in [0.717, 1.165) is 4.47 Å². The Morgan fingerprint density at radius 2 is 2.29 bits per heavy atom. The topological polar surface area (TPSA) is 64.1 Å². The molecule has 1 unspecified atom stereocenters. The lowest BCUT2D eigenvalue weighted by atomic mass is 10.2. The first-order valence-corrected chi connectivity index (χ1v) is 5.77. The van der Waals surface area contributed by atoms with Crippen LogP contribution < -0.4 is 5.73 Å². The Labute approximate surface area is 106 Å². The molecular weight excluding hydrogens is 289 g/mol. The number of aliphatic hydroxyl groups is 1. The van der Waals surface area contributed by atoms with E-state index in [1.165, 1.54) is 23.2 Å². The summed E-state index contributed by atoms with van der Waals surface area (Å²) in [7, 11) is 0. The third-order valence-corrected chi connectivity index (χ3v) is 2.90. The molecule has 0 aliphatic rings. The van der Waals surface area contributed by atoms with Crippen molar-refractivity contribution in [3.05, 3.63) is 46.7 Å². The van der Waals surface area contributed by atoms with E-state index in [0.29, 0.717) is 11.4 Å². The standard InChI is InChI=1S/C11H11BrFN3O/c12-7-1-2-8(13)10(3-7)16-6-15-4-11(16)9(14)5-17/h1-4,6,9,17H,5,14H2. The van der Waals surface area contributed by atoms with Crippen molar-refractivity contribution < 1.29 is 9.50 Å².